The molecule has 0 aromatic carbocycles. The summed E-state index contributed by atoms with van der Waals surface area (Å²) in [6.07, 6.45) is -64.2. The van der Waals surface area contributed by atoms with Crippen molar-refractivity contribution in [3.05, 3.63) is 0 Å². The van der Waals surface area contributed by atoms with E-state index in [2.05, 4.69) is 0 Å². The van der Waals surface area contributed by atoms with E-state index in [1.807, 2.05) is 0 Å². The average molecular weight is 1210 g/mol. The topological polar surface area (TPSA) is 554 Å². The van der Waals surface area contributed by atoms with Crippen LogP contribution in [0.1, 0.15) is 33.1 Å². The lowest BCUT2D eigenvalue weighted by Crippen LogP contribution is -2.68. The molecular weight excluding hydrogens is 1120 g/mol. The van der Waals surface area contributed by atoms with Crippen LogP contribution in [0.4, 0.5) is 0 Å². The highest BCUT2D eigenvalue weighted by molar-refractivity contribution is 5.01. The van der Waals surface area contributed by atoms with Gasteiger partial charge in [-0.15, -0.1) is 0 Å². The van der Waals surface area contributed by atoms with E-state index in [9.17, 15) is 107 Å². The van der Waals surface area contributed by atoms with E-state index in [0.717, 1.165) is 0 Å². The van der Waals surface area contributed by atoms with Gasteiger partial charge in [0.1, 0.15) is 171 Å². The van der Waals surface area contributed by atoms with E-state index in [1.54, 1.807) is 0 Å². The van der Waals surface area contributed by atoms with E-state index >= 15 is 0 Å². The molecule has 21 N–H and O–H groups in total. The smallest absolute Gasteiger partial charge is 0.187 e. The second-order valence-corrected chi connectivity index (χ2v) is 21.1. The molecule has 0 amide bonds. The molecule has 35 atom stereocenters. The van der Waals surface area contributed by atoms with Crippen LogP contribution in [-0.4, -0.2) is 368 Å². The maximum Gasteiger partial charge on any atom is 0.187 e. The van der Waals surface area contributed by atoms with Gasteiger partial charge in [0.2, 0.25) is 0 Å². The van der Waals surface area contributed by atoms with Gasteiger partial charge in [0.05, 0.1) is 46.2 Å². The molecule has 21 saturated heterocycles. The van der Waals surface area contributed by atoms with Gasteiger partial charge in [0, 0.05) is 0 Å². The molecule has 35 nitrogen and oxygen atoms in total. The summed E-state index contributed by atoms with van der Waals surface area (Å²) in [6.45, 7) is -7.33. The molecule has 22 rings (SSSR count). The quantitative estimate of drug-likeness (QED) is 0.113. The highest BCUT2D eigenvalue weighted by Crippen LogP contribution is 2.39. The SMILES string of the molecule is C.C1CCC1.OCC1OC2OC3C(CO)OC(OC4C(CO)OC(OC5C(CO)OC(OC6C(CO)OC(OC7C(CO)OC(OC8C(CO)OC(OC1C(O)C2O)C(O)C8O)C(O)C7O)C(O)C6O)C(O)C5O)C(O)C4O)C(O)C3O. The minimum absolute atomic E-state index is 0. The zero-order valence-electron chi connectivity index (χ0n) is 43.1. The summed E-state index contributed by atoms with van der Waals surface area (Å²) in [4.78, 5) is 0. The Morgan fingerprint density at radius 3 is 0.378 bits per heavy atom. The van der Waals surface area contributed by atoms with Crippen molar-refractivity contribution in [3.8, 4) is 0 Å². The molecule has 35 unspecified atom stereocenters. The summed E-state index contributed by atoms with van der Waals surface area (Å²) >= 11 is 0. The third-order valence-electron chi connectivity index (χ3n) is 15.8. The first-order chi connectivity index (χ1) is 38.7. The first-order valence-electron chi connectivity index (χ1n) is 26.6. The third-order valence-corrected chi connectivity index (χ3v) is 15.8. The predicted molar refractivity (Wildman–Crippen MR) is 254 cm³/mol. The number of aliphatic hydroxyl groups is 21. The molecule has 22 aliphatic rings. The lowest BCUT2D eigenvalue weighted by Gasteiger charge is -2.50. The number of hydrogen-bond acceptors (Lipinski definition) is 35. The zero-order valence-corrected chi connectivity index (χ0v) is 43.1. The Morgan fingerprint density at radius 1 is 0.183 bits per heavy atom. The van der Waals surface area contributed by atoms with Crippen molar-refractivity contribution >= 4 is 0 Å². The van der Waals surface area contributed by atoms with Gasteiger partial charge in [-0.2, -0.15) is 0 Å². The van der Waals surface area contributed by atoms with E-state index < -0.39 is 261 Å². The second-order valence-electron chi connectivity index (χ2n) is 21.1. The molecule has 480 valence electrons. The van der Waals surface area contributed by atoms with Gasteiger partial charge < -0.3 is 174 Å². The van der Waals surface area contributed by atoms with E-state index in [-0.39, 0.29) is 7.43 Å². The summed E-state index contributed by atoms with van der Waals surface area (Å²) in [5.74, 6) is 0. The lowest BCUT2D eigenvalue weighted by atomic mass is 9.95. The second kappa shape index (κ2) is 29.7. The first-order valence-corrected chi connectivity index (χ1v) is 26.6. The Hall–Kier alpha value is -1.40. The fourth-order valence-corrected chi connectivity index (χ4v) is 10.7. The average Bonchev–Trinajstić information content (AvgIpc) is 3.46. The summed E-state index contributed by atoms with van der Waals surface area (Å²) in [5.41, 5.74) is 0. The normalized spacial score (nSPS) is 53.2. The zero-order chi connectivity index (χ0) is 58.9. The Kier molecular flexibility index (Phi) is 24.7. The van der Waals surface area contributed by atoms with Crippen molar-refractivity contribution in [1.82, 2.24) is 0 Å². The molecule has 0 aromatic rings. The van der Waals surface area contributed by atoms with Crippen molar-refractivity contribution < 1.29 is 174 Å². The standard InChI is InChI=1S/C42H70O35.C4H8.CH4/c43-1-8-29-15(50)22(57)36(64-8)72-30-9(2-44)66-38(24(59)17(30)52)74-32-11(4-46)68-40(26(61)19(32)54)76-34-13(6-48)70-42(28(63)21(34)56)77-35-14(7-49)69-41(27(62)20(35)55)75-33-12(5-47)67-39(25(60)18(33)53)73-31-10(3-45)65-37(71-29)23(58)16(31)51;1-2-4-3-1;/h8-63H,1-7H2;1-4H2;1H4. The largest absolute Gasteiger partial charge is 0.394 e. The Labute approximate surface area is 467 Å². The Morgan fingerprint density at radius 2 is 0.293 bits per heavy atom. The molecule has 35 heteroatoms. The van der Waals surface area contributed by atoms with Gasteiger partial charge in [-0.25, -0.2) is 0 Å². The van der Waals surface area contributed by atoms with Crippen LogP contribution in [0.3, 0.4) is 0 Å². The van der Waals surface area contributed by atoms with E-state index in [1.165, 1.54) is 25.7 Å². The monoisotopic (exact) mass is 1210 g/mol. The molecule has 22 fully saturated rings. The van der Waals surface area contributed by atoms with Gasteiger partial charge in [-0.05, 0) is 0 Å². The fraction of sp³-hybridized carbons (Fsp3) is 1.00. The highest BCUT2D eigenvalue weighted by Gasteiger charge is 2.59. The number of aliphatic hydroxyl groups excluding tert-OH is 21. The molecule has 14 bridgehead atoms. The molecular formula is C47H82O35. The van der Waals surface area contributed by atoms with Gasteiger partial charge in [-0.3, -0.25) is 0 Å². The highest BCUT2D eigenvalue weighted by atomic mass is 16.8. The van der Waals surface area contributed by atoms with Crippen LogP contribution in [0.2, 0.25) is 0 Å². The van der Waals surface area contributed by atoms with E-state index in [0.29, 0.717) is 0 Å². The van der Waals surface area contributed by atoms with Gasteiger partial charge >= 0.3 is 0 Å². The van der Waals surface area contributed by atoms with Crippen molar-refractivity contribution in [3.63, 3.8) is 0 Å². The van der Waals surface area contributed by atoms with Crippen LogP contribution >= 0.6 is 0 Å². The maximum atomic E-state index is 11.3. The molecule has 21 heterocycles. The third kappa shape index (κ3) is 13.9. The number of ether oxygens (including phenoxy) is 14. The van der Waals surface area contributed by atoms with Crippen LogP contribution in [0, 0.1) is 0 Å². The summed E-state index contributed by atoms with van der Waals surface area (Å²) in [5, 5.41) is 230. The van der Waals surface area contributed by atoms with Crippen LogP contribution in [0.25, 0.3) is 0 Å². The summed E-state index contributed by atoms with van der Waals surface area (Å²) in [7, 11) is 0. The fourth-order valence-electron chi connectivity index (χ4n) is 10.7. The molecule has 1 saturated carbocycles. The van der Waals surface area contributed by atoms with Gasteiger partial charge in [-0.1, -0.05) is 33.1 Å². The van der Waals surface area contributed by atoms with Gasteiger partial charge in [0.25, 0.3) is 0 Å². The van der Waals surface area contributed by atoms with Crippen molar-refractivity contribution in [2.75, 3.05) is 46.2 Å². The van der Waals surface area contributed by atoms with Crippen LogP contribution in [0.15, 0.2) is 0 Å². The predicted octanol–water partition coefficient (Wildman–Crippen LogP) is -13.0. The number of hydrogen-bond donors (Lipinski definition) is 21. The van der Waals surface area contributed by atoms with Crippen molar-refractivity contribution in [1.29, 1.82) is 0 Å². The van der Waals surface area contributed by atoms with Crippen molar-refractivity contribution in [2.24, 2.45) is 0 Å². The Balaban J connectivity index is 0.00000185. The minimum Gasteiger partial charge on any atom is -0.394 e. The van der Waals surface area contributed by atoms with Crippen LogP contribution in [0.5, 0.6) is 0 Å². The summed E-state index contributed by atoms with van der Waals surface area (Å²) in [6, 6.07) is 0. The number of rotatable bonds is 7. The molecule has 1 aliphatic carbocycles. The Bertz CT molecular complexity index is 1530. The molecule has 0 spiro atoms. The van der Waals surface area contributed by atoms with Gasteiger partial charge in [0.15, 0.2) is 44.0 Å². The molecule has 21 aliphatic heterocycles. The maximum absolute atomic E-state index is 11.3. The summed E-state index contributed by atoms with van der Waals surface area (Å²) < 4.78 is 79.5. The van der Waals surface area contributed by atoms with Crippen LogP contribution in [-0.2, 0) is 66.3 Å². The van der Waals surface area contributed by atoms with E-state index in [4.69, 9.17) is 66.3 Å². The van der Waals surface area contributed by atoms with Crippen LogP contribution < -0.4 is 0 Å². The molecule has 82 heavy (non-hydrogen) atoms. The molecule has 0 aromatic heterocycles. The molecule has 0 radical (unpaired) electrons. The lowest BCUT2D eigenvalue weighted by molar-refractivity contribution is -0.396. The first kappa shape index (κ1) is 68.1. The minimum atomic E-state index is -2.21. The van der Waals surface area contributed by atoms with Crippen molar-refractivity contribution in [2.45, 2.75) is 248 Å².